The zero-order valence-corrected chi connectivity index (χ0v) is 15.4. The van der Waals surface area contributed by atoms with Crippen LogP contribution in [0.4, 0.5) is 0 Å². The Kier molecular flexibility index (Phi) is 6.23. The van der Waals surface area contributed by atoms with Crippen LogP contribution < -0.4 is 10.1 Å². The number of hydrogen-bond acceptors (Lipinski definition) is 4. The van der Waals surface area contributed by atoms with Crippen LogP contribution in [0.3, 0.4) is 0 Å². The maximum absolute atomic E-state index is 12.9. The summed E-state index contributed by atoms with van der Waals surface area (Å²) >= 11 is 0. The summed E-state index contributed by atoms with van der Waals surface area (Å²) in [6, 6.07) is 4.84. The molecule has 1 aliphatic rings. The highest BCUT2D eigenvalue weighted by atomic mass is 32.2. The maximum Gasteiger partial charge on any atom is 0.243 e. The van der Waals surface area contributed by atoms with Gasteiger partial charge in [0.1, 0.15) is 5.75 Å². The van der Waals surface area contributed by atoms with Crippen molar-refractivity contribution < 1.29 is 17.9 Å². The highest BCUT2D eigenvalue weighted by molar-refractivity contribution is 7.89. The van der Waals surface area contributed by atoms with Crippen LogP contribution in [0.1, 0.15) is 31.7 Å². The standard InChI is InChI=1S/C17H26N2O4S/c1-4-9-18-17(20)14-6-5-10-19(12-14)24(21,22)15-7-8-16(23-3)13(2)11-15/h7-8,11,14H,4-6,9-10,12H2,1-3H3,(H,18,20)/t14-/m0/s1. The lowest BCUT2D eigenvalue weighted by atomic mass is 9.99. The number of ether oxygens (including phenoxy) is 1. The van der Waals surface area contributed by atoms with E-state index in [1.165, 1.54) is 4.31 Å². The molecule has 1 saturated heterocycles. The molecule has 24 heavy (non-hydrogen) atoms. The minimum absolute atomic E-state index is 0.0531. The van der Waals surface area contributed by atoms with Crippen molar-refractivity contribution in [2.75, 3.05) is 26.7 Å². The van der Waals surface area contributed by atoms with Crippen LogP contribution in [0.25, 0.3) is 0 Å². The molecule has 0 aromatic heterocycles. The first-order valence-corrected chi connectivity index (χ1v) is 9.76. The van der Waals surface area contributed by atoms with Gasteiger partial charge in [-0.1, -0.05) is 6.92 Å². The van der Waals surface area contributed by atoms with E-state index in [0.29, 0.717) is 25.3 Å². The normalized spacial score (nSPS) is 19.0. The summed E-state index contributed by atoms with van der Waals surface area (Å²) in [4.78, 5) is 12.4. The molecule has 7 heteroatoms. The van der Waals surface area contributed by atoms with Crippen LogP contribution in [0.15, 0.2) is 23.1 Å². The van der Waals surface area contributed by atoms with E-state index >= 15 is 0 Å². The van der Waals surface area contributed by atoms with Gasteiger partial charge >= 0.3 is 0 Å². The molecule has 1 aromatic rings. The van der Waals surface area contributed by atoms with Gasteiger partial charge in [0.25, 0.3) is 0 Å². The van der Waals surface area contributed by atoms with Gasteiger partial charge in [-0.05, 0) is 49.9 Å². The molecule has 134 valence electrons. The Balaban J connectivity index is 2.16. The Hall–Kier alpha value is -1.60. The molecule has 1 aliphatic heterocycles. The van der Waals surface area contributed by atoms with Gasteiger partial charge in [-0.25, -0.2) is 8.42 Å². The van der Waals surface area contributed by atoms with Gasteiger partial charge in [-0.15, -0.1) is 0 Å². The summed E-state index contributed by atoms with van der Waals surface area (Å²) in [5.41, 5.74) is 0.771. The van der Waals surface area contributed by atoms with Gasteiger partial charge < -0.3 is 10.1 Å². The average molecular weight is 354 g/mol. The molecule has 1 heterocycles. The molecule has 1 N–H and O–H groups in total. The van der Waals surface area contributed by atoms with Crippen LogP contribution in [0.2, 0.25) is 0 Å². The molecule has 1 atom stereocenters. The number of piperidine rings is 1. The van der Waals surface area contributed by atoms with Crippen LogP contribution in [0.5, 0.6) is 5.75 Å². The number of aryl methyl sites for hydroxylation is 1. The Morgan fingerprint density at radius 1 is 1.42 bits per heavy atom. The molecule has 0 aliphatic carbocycles. The number of nitrogens with zero attached hydrogens (tertiary/aromatic N) is 1. The molecule has 1 amide bonds. The topological polar surface area (TPSA) is 75.7 Å². The second kappa shape index (κ2) is 7.98. The highest BCUT2D eigenvalue weighted by Crippen LogP contribution is 2.27. The molecule has 1 fully saturated rings. The first-order valence-electron chi connectivity index (χ1n) is 8.32. The molecule has 1 aromatic carbocycles. The van der Waals surface area contributed by atoms with E-state index in [2.05, 4.69) is 5.32 Å². The lowest BCUT2D eigenvalue weighted by Crippen LogP contribution is -2.45. The van der Waals surface area contributed by atoms with Crippen LogP contribution in [-0.2, 0) is 14.8 Å². The summed E-state index contributed by atoms with van der Waals surface area (Å²) in [6.07, 6.45) is 2.29. The molecule has 0 unspecified atom stereocenters. The van der Waals surface area contributed by atoms with Gasteiger partial charge in [0.05, 0.1) is 17.9 Å². The average Bonchev–Trinajstić information content (AvgIpc) is 2.59. The Morgan fingerprint density at radius 2 is 2.17 bits per heavy atom. The van der Waals surface area contributed by atoms with Gasteiger partial charge in [-0.2, -0.15) is 4.31 Å². The summed E-state index contributed by atoms with van der Waals surface area (Å²) in [6.45, 7) is 5.12. The number of nitrogens with one attached hydrogen (secondary N) is 1. The second-order valence-corrected chi connectivity index (χ2v) is 8.06. The quantitative estimate of drug-likeness (QED) is 0.847. The van der Waals surface area contributed by atoms with Crippen LogP contribution >= 0.6 is 0 Å². The largest absolute Gasteiger partial charge is 0.496 e. The number of methoxy groups -OCH3 is 1. The minimum atomic E-state index is -3.60. The molecule has 0 spiro atoms. The van der Waals surface area contributed by atoms with Crippen molar-refractivity contribution in [2.24, 2.45) is 5.92 Å². The van der Waals surface area contributed by atoms with Gasteiger partial charge in [-0.3, -0.25) is 4.79 Å². The van der Waals surface area contributed by atoms with Crippen LogP contribution in [0, 0.1) is 12.8 Å². The van der Waals surface area contributed by atoms with E-state index in [4.69, 9.17) is 4.74 Å². The summed E-state index contributed by atoms with van der Waals surface area (Å²) < 4.78 is 32.4. The molecule has 0 bridgehead atoms. The number of rotatable bonds is 6. The zero-order chi connectivity index (χ0) is 17.7. The van der Waals surface area contributed by atoms with Crippen molar-refractivity contribution in [3.63, 3.8) is 0 Å². The smallest absolute Gasteiger partial charge is 0.243 e. The second-order valence-electron chi connectivity index (χ2n) is 6.12. The van der Waals surface area contributed by atoms with Gasteiger partial charge in [0.15, 0.2) is 0 Å². The molecule has 6 nitrogen and oxygen atoms in total. The minimum Gasteiger partial charge on any atom is -0.496 e. The summed E-state index contributed by atoms with van der Waals surface area (Å²) in [5, 5.41) is 2.86. The summed E-state index contributed by atoms with van der Waals surface area (Å²) in [7, 11) is -2.04. The van der Waals surface area contributed by atoms with Crippen LogP contribution in [-0.4, -0.2) is 45.4 Å². The number of benzene rings is 1. The van der Waals surface area contributed by atoms with Crippen molar-refractivity contribution in [3.8, 4) is 5.75 Å². The Bertz CT molecular complexity index is 688. The van der Waals surface area contributed by atoms with Crippen molar-refractivity contribution >= 4 is 15.9 Å². The number of carbonyl (C=O) groups is 1. The third kappa shape index (κ3) is 4.08. The predicted octanol–water partition coefficient (Wildman–Crippen LogP) is 1.93. The predicted molar refractivity (Wildman–Crippen MR) is 92.5 cm³/mol. The number of amides is 1. The lowest BCUT2D eigenvalue weighted by Gasteiger charge is -2.31. The molecular weight excluding hydrogens is 328 g/mol. The first kappa shape index (κ1) is 18.7. The molecule has 2 rings (SSSR count). The molecule has 0 saturated carbocycles. The zero-order valence-electron chi connectivity index (χ0n) is 14.5. The van der Waals surface area contributed by atoms with Crippen molar-refractivity contribution in [2.45, 2.75) is 38.0 Å². The third-order valence-corrected chi connectivity index (χ3v) is 6.17. The van der Waals surface area contributed by atoms with E-state index in [1.807, 2.05) is 13.8 Å². The fourth-order valence-electron chi connectivity index (χ4n) is 2.93. The van der Waals surface area contributed by atoms with Crippen molar-refractivity contribution in [1.29, 1.82) is 0 Å². The lowest BCUT2D eigenvalue weighted by molar-refractivity contribution is -0.126. The van der Waals surface area contributed by atoms with E-state index in [-0.39, 0.29) is 23.3 Å². The highest BCUT2D eigenvalue weighted by Gasteiger charge is 2.33. The number of hydrogen-bond donors (Lipinski definition) is 1. The van der Waals surface area contributed by atoms with E-state index in [9.17, 15) is 13.2 Å². The Labute approximate surface area is 144 Å². The number of carbonyl (C=O) groups excluding carboxylic acids is 1. The number of sulfonamides is 1. The van der Waals surface area contributed by atoms with Gasteiger partial charge in [0.2, 0.25) is 15.9 Å². The van der Waals surface area contributed by atoms with E-state index < -0.39 is 10.0 Å². The molecular formula is C17H26N2O4S. The fourth-order valence-corrected chi connectivity index (χ4v) is 4.54. The monoisotopic (exact) mass is 354 g/mol. The third-order valence-electron chi connectivity index (χ3n) is 4.31. The molecule has 0 radical (unpaired) electrons. The Morgan fingerprint density at radius 3 is 2.79 bits per heavy atom. The van der Waals surface area contributed by atoms with Crippen molar-refractivity contribution in [3.05, 3.63) is 23.8 Å². The first-order chi connectivity index (χ1) is 11.4. The van der Waals surface area contributed by atoms with E-state index in [0.717, 1.165) is 18.4 Å². The maximum atomic E-state index is 12.9. The van der Waals surface area contributed by atoms with E-state index in [1.54, 1.807) is 25.3 Å². The fraction of sp³-hybridized carbons (Fsp3) is 0.588. The SMILES string of the molecule is CCCNC(=O)[C@H]1CCCN(S(=O)(=O)c2ccc(OC)c(C)c2)C1. The summed E-state index contributed by atoms with van der Waals surface area (Å²) in [5.74, 6) is 0.325. The van der Waals surface area contributed by atoms with Gasteiger partial charge in [0, 0.05) is 19.6 Å². The van der Waals surface area contributed by atoms with Crippen molar-refractivity contribution in [1.82, 2.24) is 9.62 Å².